The molecule has 0 saturated heterocycles. The fraction of sp³-hybridized carbons (Fsp3) is 0.558. The zero-order valence-corrected chi connectivity index (χ0v) is 35.8. The van der Waals surface area contributed by atoms with Crippen molar-refractivity contribution in [2.75, 3.05) is 14.2 Å². The number of halogens is 1. The topological polar surface area (TPSA) is 114 Å². The van der Waals surface area contributed by atoms with Gasteiger partial charge in [0.15, 0.2) is 0 Å². The molecule has 0 aromatic heterocycles. The van der Waals surface area contributed by atoms with Gasteiger partial charge in [0.25, 0.3) is 5.69 Å². The largest absolute Gasteiger partial charge is 0.506 e. The maximum absolute atomic E-state index is 13.9. The maximum Gasteiger partial charge on any atom is 0.271 e. The summed E-state index contributed by atoms with van der Waals surface area (Å²) in [7, 11) is 3.38. The molecule has 0 heterocycles. The van der Waals surface area contributed by atoms with Gasteiger partial charge in [-0.1, -0.05) is 96.9 Å². The van der Waals surface area contributed by atoms with Gasteiger partial charge in [0.2, 0.25) is 0 Å². The van der Waals surface area contributed by atoms with Crippen molar-refractivity contribution in [1.29, 1.82) is 0 Å². The number of hydrogen-bond acceptors (Lipinski definition) is 7. The lowest BCUT2D eigenvalue weighted by Crippen LogP contribution is -2.42. The third-order valence-corrected chi connectivity index (χ3v) is 10.2. The van der Waals surface area contributed by atoms with Gasteiger partial charge >= 0.3 is 0 Å². The summed E-state index contributed by atoms with van der Waals surface area (Å²) < 4.78 is 12.4. The number of phenolic OH excluding ortho intramolecular Hbond substituents is 1. The minimum Gasteiger partial charge on any atom is -0.506 e. The van der Waals surface area contributed by atoms with Crippen LogP contribution in [0.2, 0.25) is 0 Å². The number of ether oxygens (including phenoxy) is 2. The quantitative estimate of drug-likeness (QED) is 0.120. The van der Waals surface area contributed by atoms with E-state index in [4.69, 9.17) is 14.5 Å². The van der Waals surface area contributed by atoms with Crippen molar-refractivity contribution < 1.29 is 24.6 Å². The molecule has 0 aliphatic rings. The maximum atomic E-state index is 13.9. The number of nitro benzene ring substituents is 1. The first-order valence-corrected chi connectivity index (χ1v) is 18.8. The Morgan fingerprint density at radius 3 is 1.40 bits per heavy atom. The van der Waals surface area contributed by atoms with Gasteiger partial charge in [-0.3, -0.25) is 15.1 Å². The van der Waals surface area contributed by atoms with E-state index < -0.39 is 16.6 Å². The molecule has 0 radical (unpaired) electrons. The summed E-state index contributed by atoms with van der Waals surface area (Å²) in [5.41, 5.74) is 1.93. The summed E-state index contributed by atoms with van der Waals surface area (Å²) in [4.78, 5) is 16.3. The Bertz CT molecular complexity index is 1660. The number of nitro groups is 1. The molecule has 2 N–H and O–H groups in total. The van der Waals surface area contributed by atoms with E-state index >= 15 is 0 Å². The monoisotopic (exact) mass is 780 g/mol. The summed E-state index contributed by atoms with van der Waals surface area (Å²) in [6.45, 7) is 29.8. The Labute approximate surface area is 320 Å². The van der Waals surface area contributed by atoms with Crippen LogP contribution in [0.15, 0.2) is 45.9 Å². The second-order valence-electron chi connectivity index (χ2n) is 18.5. The molecule has 1 atom stereocenters. The number of nitrogens with zero attached hydrogens (tertiary/aromatic N) is 2. The van der Waals surface area contributed by atoms with Gasteiger partial charge in [-0.2, -0.15) is 0 Å². The Morgan fingerprint density at radius 1 is 0.750 bits per heavy atom. The Morgan fingerprint density at radius 2 is 1.12 bits per heavy atom. The summed E-state index contributed by atoms with van der Waals surface area (Å²) in [5, 5.41) is 36.7. The van der Waals surface area contributed by atoms with Crippen LogP contribution in [0.4, 0.5) is 5.69 Å². The van der Waals surface area contributed by atoms with Crippen molar-refractivity contribution in [1.82, 2.24) is 0 Å². The van der Waals surface area contributed by atoms with Crippen LogP contribution in [0, 0.1) is 16.0 Å². The van der Waals surface area contributed by atoms with Crippen LogP contribution in [0.25, 0.3) is 0 Å². The number of aliphatic hydroxyl groups is 1. The van der Waals surface area contributed by atoms with E-state index in [2.05, 4.69) is 137 Å². The molecule has 9 heteroatoms. The molecule has 0 bridgehead atoms. The summed E-state index contributed by atoms with van der Waals surface area (Å²) >= 11 is 3.27. The van der Waals surface area contributed by atoms with Crippen molar-refractivity contribution in [2.24, 2.45) is 10.9 Å². The van der Waals surface area contributed by atoms with Gasteiger partial charge in [-0.25, -0.2) is 0 Å². The van der Waals surface area contributed by atoms with Crippen molar-refractivity contribution in [2.45, 2.75) is 137 Å². The fourth-order valence-electron chi connectivity index (χ4n) is 6.68. The van der Waals surface area contributed by atoms with Gasteiger partial charge in [0.1, 0.15) is 22.8 Å². The van der Waals surface area contributed by atoms with E-state index in [1.165, 1.54) is 18.3 Å². The lowest BCUT2D eigenvalue weighted by molar-refractivity contribution is -0.385. The number of aromatic hydroxyl groups is 1. The summed E-state index contributed by atoms with van der Waals surface area (Å²) in [5.74, 6) is 1.47. The molecule has 3 rings (SSSR count). The number of non-ortho nitro benzene ring substituents is 1. The molecule has 0 aliphatic heterocycles. The van der Waals surface area contributed by atoms with Crippen LogP contribution in [0.5, 0.6) is 17.2 Å². The predicted octanol–water partition coefficient (Wildman–Crippen LogP) is 11.0. The smallest absolute Gasteiger partial charge is 0.271 e. The van der Waals surface area contributed by atoms with E-state index in [9.17, 15) is 20.3 Å². The van der Waals surface area contributed by atoms with Crippen LogP contribution in [-0.2, 0) is 27.3 Å². The minimum absolute atomic E-state index is 0.0870. The molecule has 8 nitrogen and oxygen atoms in total. The molecular weight excluding hydrogens is 720 g/mol. The molecule has 0 spiro atoms. The second kappa shape index (κ2) is 15.1. The van der Waals surface area contributed by atoms with Crippen LogP contribution < -0.4 is 9.47 Å². The number of rotatable bonds is 10. The number of phenols is 1. The standard InChI is InChI=1S/C43H61BrN2O6/c1-25(2)17-35(45-24-26-18-29(46(49)50)23-34(44)36(26)47)43(48,27-19-30(39(3,4)5)37(51-15)31(20-27)40(6,7)8)28-21-32(41(9,10)11)38(52-16)33(22-28)42(12,13)14/h18-25,35,47-48H,17H2,1-16H3. The van der Waals surface area contributed by atoms with E-state index in [-0.39, 0.29) is 49.1 Å². The Hall–Kier alpha value is -3.43. The second-order valence-corrected chi connectivity index (χ2v) is 19.4. The first-order valence-electron chi connectivity index (χ1n) is 18.0. The highest BCUT2D eigenvalue weighted by atomic mass is 79.9. The van der Waals surface area contributed by atoms with E-state index in [1.54, 1.807) is 14.2 Å². The van der Waals surface area contributed by atoms with Gasteiger partial charge in [-0.05, 0) is 85.3 Å². The van der Waals surface area contributed by atoms with E-state index in [0.29, 0.717) is 17.5 Å². The van der Waals surface area contributed by atoms with Crippen molar-refractivity contribution in [3.05, 3.63) is 89.9 Å². The molecule has 0 aliphatic carbocycles. The van der Waals surface area contributed by atoms with Gasteiger partial charge < -0.3 is 19.7 Å². The molecule has 286 valence electrons. The third kappa shape index (κ3) is 9.02. The molecule has 3 aromatic carbocycles. The molecule has 0 saturated carbocycles. The summed E-state index contributed by atoms with van der Waals surface area (Å²) in [6.07, 6.45) is 1.90. The van der Waals surface area contributed by atoms with Crippen LogP contribution in [0.1, 0.15) is 142 Å². The van der Waals surface area contributed by atoms with Gasteiger partial charge in [0.05, 0.1) is 29.7 Å². The zero-order chi connectivity index (χ0) is 39.9. The number of methoxy groups -OCH3 is 2. The van der Waals surface area contributed by atoms with Crippen molar-refractivity contribution in [3.63, 3.8) is 0 Å². The highest BCUT2D eigenvalue weighted by Gasteiger charge is 2.45. The Balaban J connectivity index is 2.69. The lowest BCUT2D eigenvalue weighted by Gasteiger charge is -2.40. The zero-order valence-electron chi connectivity index (χ0n) is 34.2. The number of aliphatic imine (C=N–C) groups is 1. The van der Waals surface area contributed by atoms with Crippen molar-refractivity contribution in [3.8, 4) is 17.2 Å². The normalized spacial score (nSPS) is 13.9. The third-order valence-electron chi connectivity index (χ3n) is 9.56. The SMILES string of the molecule is COc1c(C(C)(C)C)cc(C(O)(c2cc(C(C)(C)C)c(OC)c(C(C)(C)C)c2)C(CC(C)C)N=Cc2cc([N+](=O)[O-])cc(Br)c2O)cc1C(C)(C)C. The molecule has 0 amide bonds. The molecule has 3 aromatic rings. The molecule has 1 unspecified atom stereocenters. The lowest BCUT2D eigenvalue weighted by atomic mass is 9.70. The minimum atomic E-state index is -1.73. The average molecular weight is 782 g/mol. The first-order chi connectivity index (χ1) is 23.6. The average Bonchev–Trinajstić information content (AvgIpc) is 3.00. The predicted molar refractivity (Wildman–Crippen MR) is 217 cm³/mol. The van der Waals surface area contributed by atoms with Crippen LogP contribution in [0.3, 0.4) is 0 Å². The van der Waals surface area contributed by atoms with Crippen LogP contribution in [-0.4, -0.2) is 41.6 Å². The molecule has 0 fully saturated rings. The fourth-order valence-corrected chi connectivity index (χ4v) is 7.15. The highest BCUT2D eigenvalue weighted by Crippen LogP contribution is 2.49. The molecule has 52 heavy (non-hydrogen) atoms. The van der Waals surface area contributed by atoms with E-state index in [0.717, 1.165) is 33.8 Å². The Kier molecular flexibility index (Phi) is 12.5. The van der Waals surface area contributed by atoms with E-state index in [1.807, 2.05) is 0 Å². The summed E-state index contributed by atoms with van der Waals surface area (Å²) in [6, 6.07) is 9.96. The van der Waals surface area contributed by atoms with Gasteiger partial charge in [0, 0.05) is 46.2 Å². The van der Waals surface area contributed by atoms with Gasteiger partial charge in [-0.15, -0.1) is 0 Å². The molecular formula is C43H61BrN2O6. The highest BCUT2D eigenvalue weighted by molar-refractivity contribution is 9.10. The number of hydrogen-bond donors (Lipinski definition) is 2. The first kappa shape index (κ1) is 43.0. The number of benzene rings is 3. The van der Waals surface area contributed by atoms with Crippen molar-refractivity contribution >= 4 is 27.8 Å². The van der Waals surface area contributed by atoms with Crippen LogP contribution >= 0.6 is 15.9 Å².